The molecule has 0 bridgehead atoms. The van der Waals surface area contributed by atoms with Crippen molar-refractivity contribution in [3.8, 4) is 0 Å². The molecule has 0 fully saturated rings. The van der Waals surface area contributed by atoms with Crippen LogP contribution in [0.2, 0.25) is 0 Å². The number of aliphatic hydroxyl groups excluding tert-OH is 4. The Bertz CT molecular complexity index is 1060. The van der Waals surface area contributed by atoms with Crippen LogP contribution in [0.3, 0.4) is 0 Å². The summed E-state index contributed by atoms with van der Waals surface area (Å²) in [6.07, 6.45) is -1.30. The van der Waals surface area contributed by atoms with Crippen molar-refractivity contribution in [1.29, 1.82) is 0 Å². The van der Waals surface area contributed by atoms with Gasteiger partial charge >= 0.3 is 0 Å². The maximum atomic E-state index is 10.4. The molecule has 0 saturated heterocycles. The molecule has 176 valence electrons. The minimum Gasteiger partial charge on any atom is -0.392 e. The third-order valence-electron chi connectivity index (χ3n) is 5.93. The number of benzene rings is 4. The van der Waals surface area contributed by atoms with Crippen molar-refractivity contribution in [3.05, 3.63) is 142 Å². The maximum Gasteiger partial charge on any atom is 0.104 e. The summed E-state index contributed by atoms with van der Waals surface area (Å²) < 4.78 is 0. The van der Waals surface area contributed by atoms with Crippen molar-refractivity contribution in [3.63, 3.8) is 0 Å². The third kappa shape index (κ3) is 6.40. The SMILES string of the molecule is Cc1cc(CO)c(C)cc1CO.OC(c1ccccc1)c1ccc(C(O)c2ccccc2)cc1. The highest BCUT2D eigenvalue weighted by molar-refractivity contribution is 5.37. The van der Waals surface area contributed by atoms with Gasteiger partial charge in [-0.25, -0.2) is 0 Å². The molecular formula is C30H32O4. The molecule has 4 heteroatoms. The molecule has 0 radical (unpaired) electrons. The number of hydrogen-bond acceptors (Lipinski definition) is 4. The summed E-state index contributed by atoms with van der Waals surface area (Å²) in [6.45, 7) is 4.01. The summed E-state index contributed by atoms with van der Waals surface area (Å²) in [7, 11) is 0. The van der Waals surface area contributed by atoms with Gasteiger partial charge in [0.15, 0.2) is 0 Å². The van der Waals surface area contributed by atoms with Crippen LogP contribution >= 0.6 is 0 Å². The lowest BCUT2D eigenvalue weighted by atomic mass is 9.97. The Hall–Kier alpha value is -3.28. The molecule has 2 unspecified atom stereocenters. The van der Waals surface area contributed by atoms with Gasteiger partial charge in [0.05, 0.1) is 13.2 Å². The predicted molar refractivity (Wildman–Crippen MR) is 135 cm³/mol. The van der Waals surface area contributed by atoms with Gasteiger partial charge in [0.1, 0.15) is 12.2 Å². The third-order valence-corrected chi connectivity index (χ3v) is 5.93. The molecule has 0 aliphatic rings. The summed E-state index contributed by atoms with van der Waals surface area (Å²) in [4.78, 5) is 0. The Morgan fingerprint density at radius 3 is 1.09 bits per heavy atom. The summed E-state index contributed by atoms with van der Waals surface area (Å²) in [5.41, 5.74) is 7.29. The van der Waals surface area contributed by atoms with Gasteiger partial charge in [0.25, 0.3) is 0 Å². The maximum absolute atomic E-state index is 10.4. The van der Waals surface area contributed by atoms with Crippen molar-refractivity contribution >= 4 is 0 Å². The predicted octanol–water partition coefficient (Wildman–Crippen LogP) is 5.14. The summed E-state index contributed by atoms with van der Waals surface area (Å²) in [5, 5.41) is 38.6. The molecule has 0 spiro atoms. The van der Waals surface area contributed by atoms with Crippen LogP contribution in [0.1, 0.15) is 56.7 Å². The zero-order valence-electron chi connectivity index (χ0n) is 19.6. The molecule has 4 N–H and O–H groups in total. The first-order valence-corrected chi connectivity index (χ1v) is 11.3. The minimum absolute atomic E-state index is 0.0678. The summed E-state index contributed by atoms with van der Waals surface area (Å²) >= 11 is 0. The first kappa shape index (κ1) is 25.3. The Morgan fingerprint density at radius 1 is 0.500 bits per heavy atom. The lowest BCUT2D eigenvalue weighted by Gasteiger charge is -2.15. The molecule has 4 nitrogen and oxygen atoms in total. The molecule has 0 aliphatic carbocycles. The van der Waals surface area contributed by atoms with Crippen LogP contribution in [0.5, 0.6) is 0 Å². The van der Waals surface area contributed by atoms with Crippen LogP contribution in [0.15, 0.2) is 97.1 Å². The van der Waals surface area contributed by atoms with E-state index in [1.54, 1.807) is 0 Å². The fourth-order valence-electron chi connectivity index (χ4n) is 3.79. The first-order chi connectivity index (χ1) is 16.4. The first-order valence-electron chi connectivity index (χ1n) is 11.3. The standard InChI is InChI=1S/C20H18O2.C10H14O2/c21-19(15-7-3-1-4-8-15)17-11-13-18(14-12-17)20(22)16-9-5-2-6-10-16;1-7-3-10(6-12)8(2)4-9(7)5-11/h1-14,19-22H;3-4,11-12H,5-6H2,1-2H3. The van der Waals surface area contributed by atoms with Crippen molar-refractivity contribution in [2.24, 2.45) is 0 Å². The second-order valence-electron chi connectivity index (χ2n) is 8.31. The molecule has 2 atom stereocenters. The highest BCUT2D eigenvalue weighted by Gasteiger charge is 2.13. The van der Waals surface area contributed by atoms with E-state index in [1.165, 1.54) is 0 Å². The second-order valence-corrected chi connectivity index (χ2v) is 8.31. The lowest BCUT2D eigenvalue weighted by Crippen LogP contribution is -2.02. The van der Waals surface area contributed by atoms with E-state index >= 15 is 0 Å². The number of hydrogen-bond donors (Lipinski definition) is 4. The quantitative estimate of drug-likeness (QED) is 0.324. The fourth-order valence-corrected chi connectivity index (χ4v) is 3.79. The molecule has 4 aromatic rings. The molecule has 4 rings (SSSR count). The zero-order chi connectivity index (χ0) is 24.5. The topological polar surface area (TPSA) is 80.9 Å². The van der Waals surface area contributed by atoms with Crippen LogP contribution in [0.4, 0.5) is 0 Å². The second kappa shape index (κ2) is 12.3. The molecule has 34 heavy (non-hydrogen) atoms. The van der Waals surface area contributed by atoms with Gasteiger partial charge < -0.3 is 20.4 Å². The molecule has 0 aromatic heterocycles. The zero-order valence-corrected chi connectivity index (χ0v) is 19.6. The van der Waals surface area contributed by atoms with Crippen molar-refractivity contribution in [2.75, 3.05) is 0 Å². The van der Waals surface area contributed by atoms with Gasteiger partial charge in [-0.15, -0.1) is 0 Å². The average molecular weight is 457 g/mol. The van der Waals surface area contributed by atoms with Crippen LogP contribution in [-0.4, -0.2) is 20.4 Å². The molecular weight excluding hydrogens is 424 g/mol. The Kier molecular flexibility index (Phi) is 9.14. The Balaban J connectivity index is 0.000000229. The smallest absolute Gasteiger partial charge is 0.104 e. The van der Waals surface area contributed by atoms with Crippen molar-refractivity contribution < 1.29 is 20.4 Å². The van der Waals surface area contributed by atoms with Gasteiger partial charge in [0.2, 0.25) is 0 Å². The van der Waals surface area contributed by atoms with Gasteiger partial charge in [-0.2, -0.15) is 0 Å². The van der Waals surface area contributed by atoms with E-state index in [9.17, 15) is 10.2 Å². The van der Waals surface area contributed by atoms with E-state index in [-0.39, 0.29) is 13.2 Å². The van der Waals surface area contributed by atoms with Gasteiger partial charge in [-0.1, -0.05) is 97.1 Å². The van der Waals surface area contributed by atoms with Crippen LogP contribution in [0.25, 0.3) is 0 Å². The van der Waals surface area contributed by atoms with Gasteiger partial charge in [-0.05, 0) is 58.4 Å². The molecule has 0 amide bonds. The molecule has 4 aromatic carbocycles. The normalized spacial score (nSPS) is 12.4. The highest BCUT2D eigenvalue weighted by atomic mass is 16.3. The lowest BCUT2D eigenvalue weighted by molar-refractivity contribution is 0.216. The largest absolute Gasteiger partial charge is 0.392 e. The number of aryl methyl sites for hydroxylation is 2. The molecule has 0 saturated carbocycles. The minimum atomic E-state index is -0.649. The van der Waals surface area contributed by atoms with E-state index < -0.39 is 12.2 Å². The van der Waals surface area contributed by atoms with E-state index in [2.05, 4.69) is 0 Å². The van der Waals surface area contributed by atoms with Gasteiger partial charge in [-0.3, -0.25) is 0 Å². The van der Waals surface area contributed by atoms with Crippen LogP contribution in [0, 0.1) is 13.8 Å². The van der Waals surface area contributed by atoms with Gasteiger partial charge in [0, 0.05) is 0 Å². The summed E-state index contributed by atoms with van der Waals surface area (Å²) in [5.74, 6) is 0. The average Bonchev–Trinajstić information content (AvgIpc) is 2.90. The van der Waals surface area contributed by atoms with Crippen molar-refractivity contribution in [1.82, 2.24) is 0 Å². The van der Waals surface area contributed by atoms with Crippen molar-refractivity contribution in [2.45, 2.75) is 39.3 Å². The Labute approximate surface area is 201 Å². The number of aliphatic hydroxyl groups is 4. The van der Waals surface area contributed by atoms with Crippen LogP contribution < -0.4 is 0 Å². The van der Waals surface area contributed by atoms with Crippen LogP contribution in [-0.2, 0) is 13.2 Å². The Morgan fingerprint density at radius 2 is 0.794 bits per heavy atom. The molecule has 0 heterocycles. The van der Waals surface area contributed by atoms with E-state index in [4.69, 9.17) is 10.2 Å². The number of rotatable bonds is 6. The molecule has 0 aliphatic heterocycles. The van der Waals surface area contributed by atoms with E-state index in [1.807, 2.05) is 111 Å². The van der Waals surface area contributed by atoms with E-state index in [0.29, 0.717) is 0 Å². The highest BCUT2D eigenvalue weighted by Crippen LogP contribution is 2.26. The summed E-state index contributed by atoms with van der Waals surface area (Å²) in [6, 6.07) is 30.4. The van der Waals surface area contributed by atoms with E-state index in [0.717, 1.165) is 44.5 Å². The fraction of sp³-hybridized carbons (Fsp3) is 0.200. The monoisotopic (exact) mass is 456 g/mol.